The molecule has 4 heteroatoms. The zero-order valence-electron chi connectivity index (χ0n) is 19.7. The standard InChI is InChI=1S/C30H32FNO2/c1-20(2)22-13-11-21(12-14-22)19-28(29(33)24-15-17-25(31)18-16-24)32-30(34)27-10-6-4-8-23-7-3-5-9-26(23)27/h4-6,8-18,20,27-29,33H,3,7,19H2,1-2H3,(H,32,34). The highest BCUT2D eigenvalue weighted by molar-refractivity contribution is 5.85. The fourth-order valence-corrected chi connectivity index (χ4v) is 4.56. The van der Waals surface area contributed by atoms with E-state index in [1.165, 1.54) is 23.3 Å². The molecule has 3 unspecified atom stereocenters. The first-order valence-electron chi connectivity index (χ1n) is 12.0. The van der Waals surface area contributed by atoms with Crippen molar-refractivity contribution in [3.63, 3.8) is 0 Å². The van der Waals surface area contributed by atoms with Gasteiger partial charge in [-0.15, -0.1) is 0 Å². The van der Waals surface area contributed by atoms with Crippen LogP contribution < -0.4 is 5.32 Å². The number of aliphatic hydroxyl groups excluding tert-OH is 1. The number of benzene rings is 2. The van der Waals surface area contributed by atoms with Crippen LogP contribution in [0.15, 0.2) is 96.1 Å². The van der Waals surface area contributed by atoms with Gasteiger partial charge in [0.15, 0.2) is 0 Å². The number of rotatable bonds is 7. The summed E-state index contributed by atoms with van der Waals surface area (Å²) in [7, 11) is 0. The van der Waals surface area contributed by atoms with E-state index in [1.54, 1.807) is 12.1 Å². The summed E-state index contributed by atoms with van der Waals surface area (Å²) >= 11 is 0. The van der Waals surface area contributed by atoms with Crippen LogP contribution in [0.1, 0.15) is 55.4 Å². The molecule has 0 bridgehead atoms. The van der Waals surface area contributed by atoms with Crippen molar-refractivity contribution in [2.24, 2.45) is 5.92 Å². The predicted octanol–water partition coefficient (Wildman–Crippen LogP) is 6.10. The molecule has 2 aliphatic carbocycles. The molecule has 1 amide bonds. The van der Waals surface area contributed by atoms with Gasteiger partial charge in [0, 0.05) is 0 Å². The van der Waals surface area contributed by atoms with Gasteiger partial charge < -0.3 is 10.4 Å². The van der Waals surface area contributed by atoms with Crippen LogP contribution in [0, 0.1) is 11.7 Å². The Kier molecular flexibility index (Phi) is 7.59. The summed E-state index contributed by atoms with van der Waals surface area (Å²) in [6.07, 6.45) is 13.4. The van der Waals surface area contributed by atoms with Crippen molar-refractivity contribution >= 4 is 5.91 Å². The lowest BCUT2D eigenvalue weighted by atomic mass is 9.87. The summed E-state index contributed by atoms with van der Waals surface area (Å²) in [5, 5.41) is 14.3. The lowest BCUT2D eigenvalue weighted by Crippen LogP contribution is -2.44. The average molecular weight is 458 g/mol. The number of carbonyl (C=O) groups excluding carboxylic acids is 1. The SMILES string of the molecule is CC(C)c1ccc(CC(NC(=O)C2C=CC=CC3=C2C=CCC3)C(O)c2ccc(F)cc2)cc1. The monoisotopic (exact) mass is 457 g/mol. The number of hydrogen-bond acceptors (Lipinski definition) is 2. The lowest BCUT2D eigenvalue weighted by Gasteiger charge is -2.27. The van der Waals surface area contributed by atoms with Gasteiger partial charge in [-0.05, 0) is 65.1 Å². The second-order valence-electron chi connectivity index (χ2n) is 9.36. The van der Waals surface area contributed by atoms with Crippen molar-refractivity contribution in [1.29, 1.82) is 0 Å². The Bertz CT molecular complexity index is 1120. The fraction of sp³-hybridized carbons (Fsp3) is 0.300. The van der Waals surface area contributed by atoms with E-state index < -0.39 is 18.1 Å². The van der Waals surface area contributed by atoms with Crippen LogP contribution in [0.25, 0.3) is 0 Å². The first-order valence-corrected chi connectivity index (χ1v) is 12.0. The Hall–Kier alpha value is -3.24. The number of hydrogen-bond donors (Lipinski definition) is 2. The normalized spacial score (nSPS) is 19.0. The van der Waals surface area contributed by atoms with Crippen molar-refractivity contribution in [2.75, 3.05) is 0 Å². The summed E-state index contributed by atoms with van der Waals surface area (Å²) in [5.41, 5.74) is 5.01. The molecule has 0 spiro atoms. The van der Waals surface area contributed by atoms with E-state index in [2.05, 4.69) is 43.4 Å². The Balaban J connectivity index is 1.60. The first kappa shape index (κ1) is 23.9. The number of nitrogens with one attached hydrogen (secondary N) is 1. The Morgan fingerprint density at radius 2 is 1.74 bits per heavy atom. The third kappa shape index (κ3) is 5.63. The Morgan fingerprint density at radius 3 is 2.44 bits per heavy atom. The van der Waals surface area contributed by atoms with Gasteiger partial charge in [-0.2, -0.15) is 0 Å². The van der Waals surface area contributed by atoms with E-state index in [4.69, 9.17) is 0 Å². The van der Waals surface area contributed by atoms with Crippen molar-refractivity contribution in [3.05, 3.63) is 119 Å². The van der Waals surface area contributed by atoms with Crippen LogP contribution in [0.3, 0.4) is 0 Å². The molecule has 0 heterocycles. The summed E-state index contributed by atoms with van der Waals surface area (Å²) in [6, 6.07) is 13.5. The van der Waals surface area contributed by atoms with Gasteiger partial charge in [0.2, 0.25) is 5.91 Å². The van der Waals surface area contributed by atoms with E-state index in [9.17, 15) is 14.3 Å². The molecular weight excluding hydrogens is 425 g/mol. The second-order valence-corrected chi connectivity index (χ2v) is 9.36. The van der Waals surface area contributed by atoms with Crippen LogP contribution in [-0.4, -0.2) is 17.1 Å². The van der Waals surface area contributed by atoms with E-state index in [-0.39, 0.29) is 11.7 Å². The smallest absolute Gasteiger partial charge is 0.231 e. The van der Waals surface area contributed by atoms with Gasteiger partial charge in [-0.25, -0.2) is 4.39 Å². The highest BCUT2D eigenvalue weighted by atomic mass is 19.1. The molecule has 0 aromatic heterocycles. The molecule has 0 radical (unpaired) electrons. The quantitative estimate of drug-likeness (QED) is 0.528. The molecule has 2 N–H and O–H groups in total. The molecule has 2 aromatic carbocycles. The van der Waals surface area contributed by atoms with Gasteiger partial charge in [0.1, 0.15) is 5.82 Å². The minimum absolute atomic E-state index is 0.149. The summed E-state index contributed by atoms with van der Waals surface area (Å²) in [5.74, 6) is -0.506. The van der Waals surface area contributed by atoms with Crippen molar-refractivity contribution in [3.8, 4) is 0 Å². The summed E-state index contributed by atoms with van der Waals surface area (Å²) in [4.78, 5) is 13.5. The minimum atomic E-state index is -0.974. The van der Waals surface area contributed by atoms with Gasteiger partial charge in [0.25, 0.3) is 0 Å². The number of aliphatic hydroxyl groups is 1. The maximum atomic E-state index is 13.5. The van der Waals surface area contributed by atoms with Gasteiger partial charge >= 0.3 is 0 Å². The number of halogens is 1. The Labute approximate surface area is 201 Å². The van der Waals surface area contributed by atoms with E-state index in [1.807, 2.05) is 36.4 Å². The molecule has 176 valence electrons. The summed E-state index contributed by atoms with van der Waals surface area (Å²) < 4.78 is 13.5. The maximum Gasteiger partial charge on any atom is 0.231 e. The van der Waals surface area contributed by atoms with Crippen LogP contribution in [0.2, 0.25) is 0 Å². The molecule has 34 heavy (non-hydrogen) atoms. The third-order valence-corrected chi connectivity index (χ3v) is 6.60. The highest BCUT2D eigenvalue weighted by Crippen LogP contribution is 2.30. The van der Waals surface area contributed by atoms with Crippen LogP contribution in [0.4, 0.5) is 4.39 Å². The van der Waals surface area contributed by atoms with Crippen molar-refractivity contribution in [1.82, 2.24) is 5.32 Å². The molecule has 4 rings (SSSR count). The minimum Gasteiger partial charge on any atom is -0.386 e. The van der Waals surface area contributed by atoms with Gasteiger partial charge in [0.05, 0.1) is 18.1 Å². The predicted molar refractivity (Wildman–Crippen MR) is 135 cm³/mol. The molecule has 2 aliphatic rings. The van der Waals surface area contributed by atoms with Crippen molar-refractivity contribution in [2.45, 2.75) is 51.2 Å². The first-order chi connectivity index (χ1) is 16.4. The molecule has 3 nitrogen and oxygen atoms in total. The molecule has 0 saturated heterocycles. The molecule has 2 aromatic rings. The summed E-state index contributed by atoms with van der Waals surface area (Å²) in [6.45, 7) is 4.29. The largest absolute Gasteiger partial charge is 0.386 e. The highest BCUT2D eigenvalue weighted by Gasteiger charge is 2.29. The van der Waals surface area contributed by atoms with E-state index in [0.717, 1.165) is 24.0 Å². The number of allylic oxidation sites excluding steroid dienone is 6. The average Bonchev–Trinajstić information content (AvgIpc) is 3.06. The zero-order valence-corrected chi connectivity index (χ0v) is 19.7. The molecule has 3 atom stereocenters. The van der Waals surface area contributed by atoms with Gasteiger partial charge in [-0.3, -0.25) is 4.79 Å². The third-order valence-electron chi connectivity index (χ3n) is 6.60. The van der Waals surface area contributed by atoms with E-state index >= 15 is 0 Å². The van der Waals surface area contributed by atoms with Crippen LogP contribution >= 0.6 is 0 Å². The second kappa shape index (κ2) is 10.8. The fourth-order valence-electron chi connectivity index (χ4n) is 4.56. The molecule has 0 fully saturated rings. The Morgan fingerprint density at radius 1 is 1.03 bits per heavy atom. The van der Waals surface area contributed by atoms with Gasteiger partial charge in [-0.1, -0.05) is 86.7 Å². The van der Waals surface area contributed by atoms with Crippen LogP contribution in [0.5, 0.6) is 0 Å². The number of amides is 1. The van der Waals surface area contributed by atoms with Crippen molar-refractivity contribution < 1.29 is 14.3 Å². The van der Waals surface area contributed by atoms with Crippen LogP contribution in [-0.2, 0) is 11.2 Å². The zero-order chi connectivity index (χ0) is 24.1. The molecule has 0 aliphatic heterocycles. The molecule has 0 saturated carbocycles. The maximum absolute atomic E-state index is 13.5. The lowest BCUT2D eigenvalue weighted by molar-refractivity contribution is -0.124. The number of carbonyl (C=O) groups is 1. The van der Waals surface area contributed by atoms with E-state index in [0.29, 0.717) is 17.9 Å². The molecular formula is C30H32FNO2. The topological polar surface area (TPSA) is 49.3 Å².